The van der Waals surface area contributed by atoms with E-state index >= 15 is 0 Å². The summed E-state index contributed by atoms with van der Waals surface area (Å²) in [6.07, 6.45) is 1.30. The van der Waals surface area contributed by atoms with Crippen molar-refractivity contribution in [2.45, 2.75) is 32.9 Å². The molecule has 7 heteroatoms. The van der Waals surface area contributed by atoms with Gasteiger partial charge < -0.3 is 14.5 Å². The minimum Gasteiger partial charge on any atom is -0.467 e. The Hall–Kier alpha value is -3.09. The summed E-state index contributed by atoms with van der Waals surface area (Å²) < 4.78 is 26.5. The minimum atomic E-state index is -0.553. The van der Waals surface area contributed by atoms with E-state index in [-0.39, 0.29) is 11.9 Å². The zero-order valence-electron chi connectivity index (χ0n) is 14.6. The van der Waals surface area contributed by atoms with Gasteiger partial charge in [0.1, 0.15) is 17.6 Å². The number of aromatic nitrogens is 2. The third-order valence-corrected chi connectivity index (χ3v) is 4.26. The highest BCUT2D eigenvalue weighted by atomic mass is 19.1. The molecule has 0 unspecified atom stereocenters. The maximum absolute atomic E-state index is 13.6. The molecule has 0 aliphatic carbocycles. The highest BCUT2D eigenvalue weighted by molar-refractivity contribution is 5.94. The van der Waals surface area contributed by atoms with E-state index in [1.807, 2.05) is 4.57 Å². The lowest BCUT2D eigenvalue weighted by molar-refractivity contribution is -0.143. The van der Waals surface area contributed by atoms with Gasteiger partial charge in [0.15, 0.2) is 0 Å². The van der Waals surface area contributed by atoms with Crippen LogP contribution in [-0.4, -0.2) is 21.6 Å². The van der Waals surface area contributed by atoms with Crippen molar-refractivity contribution in [3.8, 4) is 0 Å². The number of carbonyl (C=O) groups is 1. The Kier molecular flexibility index (Phi) is 3.79. The van der Waals surface area contributed by atoms with Crippen LogP contribution in [0.5, 0.6) is 0 Å². The van der Waals surface area contributed by atoms with Crippen LogP contribution in [0.15, 0.2) is 52.3 Å². The summed E-state index contributed by atoms with van der Waals surface area (Å²) in [6, 6.07) is 7.38. The smallest absolute Gasteiger partial charge is 0.338 e. The Labute approximate surface area is 149 Å². The molecule has 134 valence electrons. The molecule has 3 heterocycles. The standard InChI is InChI=1S/C19H18FN3O3/c1-10(2)26-18(24)16-11(3)21-19-22-13-9-12(20)6-7-14(13)23(19)17(16)15-5-4-8-25-15/h4-10,17H,1-3H3,(H,21,22)/t17-/m1/s1. The number of halogens is 1. The number of hydrogen-bond acceptors (Lipinski definition) is 5. The second kappa shape index (κ2) is 6.01. The van der Waals surface area contributed by atoms with Crippen molar-refractivity contribution in [3.05, 3.63) is 59.4 Å². The average Bonchev–Trinajstić information content (AvgIpc) is 3.19. The van der Waals surface area contributed by atoms with Gasteiger partial charge in [0.2, 0.25) is 5.95 Å². The summed E-state index contributed by atoms with van der Waals surface area (Å²) in [5, 5.41) is 3.13. The SMILES string of the molecule is CC1=C(C(=O)OC(C)C)[C@@H](c2ccco2)n2c(nc3cc(F)ccc32)N1. The van der Waals surface area contributed by atoms with Gasteiger partial charge in [0.05, 0.1) is 29.0 Å². The topological polar surface area (TPSA) is 69.3 Å². The van der Waals surface area contributed by atoms with Crippen molar-refractivity contribution in [2.75, 3.05) is 5.32 Å². The van der Waals surface area contributed by atoms with E-state index in [2.05, 4.69) is 10.3 Å². The Morgan fingerprint density at radius 2 is 2.19 bits per heavy atom. The molecule has 1 N–H and O–H groups in total. The van der Waals surface area contributed by atoms with Gasteiger partial charge >= 0.3 is 5.97 Å². The lowest BCUT2D eigenvalue weighted by Crippen LogP contribution is -2.29. The molecular weight excluding hydrogens is 337 g/mol. The van der Waals surface area contributed by atoms with Crippen molar-refractivity contribution >= 4 is 23.0 Å². The Balaban J connectivity index is 1.94. The number of esters is 1. The van der Waals surface area contributed by atoms with Crippen molar-refractivity contribution in [1.82, 2.24) is 9.55 Å². The number of furan rings is 1. The highest BCUT2D eigenvalue weighted by Crippen LogP contribution is 2.39. The minimum absolute atomic E-state index is 0.255. The number of rotatable bonds is 3. The molecule has 26 heavy (non-hydrogen) atoms. The molecular formula is C19H18FN3O3. The van der Waals surface area contributed by atoms with Gasteiger partial charge in [-0.3, -0.25) is 4.57 Å². The van der Waals surface area contributed by atoms with Gasteiger partial charge in [0, 0.05) is 11.8 Å². The normalized spacial score (nSPS) is 16.7. The van der Waals surface area contributed by atoms with Crippen LogP contribution in [0.2, 0.25) is 0 Å². The first-order chi connectivity index (χ1) is 12.5. The molecule has 0 saturated carbocycles. The van der Waals surface area contributed by atoms with E-state index in [1.54, 1.807) is 45.2 Å². The quantitative estimate of drug-likeness (QED) is 0.719. The van der Waals surface area contributed by atoms with E-state index in [0.717, 1.165) is 0 Å². The molecule has 0 saturated heterocycles. The fraction of sp³-hybridized carbons (Fsp3) is 0.263. The van der Waals surface area contributed by atoms with Crippen LogP contribution in [0.25, 0.3) is 11.0 Å². The van der Waals surface area contributed by atoms with Crippen LogP contribution in [0, 0.1) is 5.82 Å². The van der Waals surface area contributed by atoms with E-state index in [4.69, 9.17) is 9.15 Å². The molecule has 0 fully saturated rings. The summed E-state index contributed by atoms with van der Waals surface area (Å²) in [6.45, 7) is 5.38. The van der Waals surface area contributed by atoms with Gasteiger partial charge in [-0.1, -0.05) is 0 Å². The third kappa shape index (κ3) is 2.56. The number of carbonyl (C=O) groups excluding carboxylic acids is 1. The van der Waals surface area contributed by atoms with Crippen molar-refractivity contribution in [1.29, 1.82) is 0 Å². The van der Waals surface area contributed by atoms with Crippen molar-refractivity contribution in [3.63, 3.8) is 0 Å². The molecule has 0 amide bonds. The molecule has 0 bridgehead atoms. The lowest BCUT2D eigenvalue weighted by Gasteiger charge is -2.29. The van der Waals surface area contributed by atoms with E-state index < -0.39 is 12.0 Å². The van der Waals surface area contributed by atoms with Gasteiger partial charge in [-0.05, 0) is 45.0 Å². The number of allylic oxidation sites excluding steroid dienone is 1. The molecule has 0 radical (unpaired) electrons. The van der Waals surface area contributed by atoms with Gasteiger partial charge in [-0.15, -0.1) is 0 Å². The molecule has 3 aromatic rings. The van der Waals surface area contributed by atoms with Gasteiger partial charge in [-0.2, -0.15) is 0 Å². The summed E-state index contributed by atoms with van der Waals surface area (Å²) in [4.78, 5) is 17.3. The second-order valence-corrected chi connectivity index (χ2v) is 6.47. The van der Waals surface area contributed by atoms with Crippen molar-refractivity contribution in [2.24, 2.45) is 0 Å². The molecule has 1 aliphatic rings. The lowest BCUT2D eigenvalue weighted by atomic mass is 10.00. The Bertz CT molecular complexity index is 1020. The molecule has 4 rings (SSSR count). The van der Waals surface area contributed by atoms with Crippen LogP contribution in [0.1, 0.15) is 32.6 Å². The van der Waals surface area contributed by atoms with Gasteiger partial charge in [0.25, 0.3) is 0 Å². The number of nitrogens with zero attached hydrogens (tertiary/aromatic N) is 2. The zero-order valence-corrected chi connectivity index (χ0v) is 14.6. The Morgan fingerprint density at radius 3 is 2.88 bits per heavy atom. The van der Waals surface area contributed by atoms with E-state index in [0.29, 0.717) is 34.0 Å². The predicted molar refractivity (Wildman–Crippen MR) is 94.1 cm³/mol. The summed E-state index contributed by atoms with van der Waals surface area (Å²) in [7, 11) is 0. The third-order valence-electron chi connectivity index (χ3n) is 4.26. The fourth-order valence-corrected chi connectivity index (χ4v) is 3.25. The number of fused-ring (bicyclic) bond motifs is 3. The number of imidazole rings is 1. The first kappa shape index (κ1) is 16.4. The number of nitrogens with one attached hydrogen (secondary N) is 1. The Morgan fingerprint density at radius 1 is 1.38 bits per heavy atom. The molecule has 1 aromatic carbocycles. The maximum Gasteiger partial charge on any atom is 0.338 e. The fourth-order valence-electron chi connectivity index (χ4n) is 3.25. The van der Waals surface area contributed by atoms with E-state index in [1.165, 1.54) is 12.1 Å². The number of ether oxygens (including phenoxy) is 1. The molecule has 6 nitrogen and oxygen atoms in total. The number of benzene rings is 1. The van der Waals surface area contributed by atoms with Crippen molar-refractivity contribution < 1.29 is 18.3 Å². The highest BCUT2D eigenvalue weighted by Gasteiger charge is 2.36. The van der Waals surface area contributed by atoms with Gasteiger partial charge in [-0.25, -0.2) is 14.2 Å². The summed E-state index contributed by atoms with van der Waals surface area (Å²) in [5.41, 5.74) is 2.25. The molecule has 1 atom stereocenters. The monoisotopic (exact) mass is 355 g/mol. The number of hydrogen-bond donors (Lipinski definition) is 1. The molecule has 0 spiro atoms. The predicted octanol–water partition coefficient (Wildman–Crippen LogP) is 4.01. The maximum atomic E-state index is 13.6. The van der Waals surface area contributed by atoms with Crippen LogP contribution >= 0.6 is 0 Å². The summed E-state index contributed by atoms with van der Waals surface area (Å²) in [5.74, 6) is 0.296. The number of anilines is 1. The first-order valence-electron chi connectivity index (χ1n) is 8.35. The van der Waals surface area contributed by atoms with Crippen LogP contribution in [0.4, 0.5) is 10.3 Å². The van der Waals surface area contributed by atoms with Crippen LogP contribution in [0.3, 0.4) is 0 Å². The van der Waals surface area contributed by atoms with Crippen LogP contribution < -0.4 is 5.32 Å². The second-order valence-electron chi connectivity index (χ2n) is 6.47. The molecule has 1 aliphatic heterocycles. The first-order valence-corrected chi connectivity index (χ1v) is 8.35. The zero-order chi connectivity index (χ0) is 18.4. The largest absolute Gasteiger partial charge is 0.467 e. The van der Waals surface area contributed by atoms with E-state index in [9.17, 15) is 9.18 Å². The average molecular weight is 355 g/mol. The molecule has 2 aromatic heterocycles. The van der Waals surface area contributed by atoms with Crippen LogP contribution in [-0.2, 0) is 9.53 Å². The summed E-state index contributed by atoms with van der Waals surface area (Å²) >= 11 is 0.